The van der Waals surface area contributed by atoms with Gasteiger partial charge in [-0.2, -0.15) is 4.98 Å². The third-order valence-corrected chi connectivity index (χ3v) is 5.52. The average molecular weight is 473 g/mol. The predicted molar refractivity (Wildman–Crippen MR) is 125 cm³/mol. The van der Waals surface area contributed by atoms with E-state index in [9.17, 15) is 24.3 Å². The fourth-order valence-corrected chi connectivity index (χ4v) is 3.65. The van der Waals surface area contributed by atoms with Crippen molar-refractivity contribution in [1.82, 2.24) is 15.3 Å². The highest BCUT2D eigenvalue weighted by Crippen LogP contribution is 2.26. The summed E-state index contributed by atoms with van der Waals surface area (Å²) in [7, 11) is 1.83. The fourth-order valence-electron chi connectivity index (χ4n) is 3.65. The molecule has 0 unspecified atom stereocenters. The number of carboxylic acids is 2. The van der Waals surface area contributed by atoms with E-state index in [1.165, 1.54) is 0 Å². The molecule has 0 radical (unpaired) electrons. The van der Waals surface area contributed by atoms with Crippen molar-refractivity contribution < 1.29 is 24.6 Å². The van der Waals surface area contributed by atoms with Crippen LogP contribution in [0.4, 0.5) is 23.1 Å². The van der Waals surface area contributed by atoms with Gasteiger partial charge in [0.15, 0.2) is 5.82 Å². The third kappa shape index (κ3) is 5.94. The first-order valence-electron chi connectivity index (χ1n) is 10.6. The number of carboxylic acid groups (broad SMARTS) is 2. The van der Waals surface area contributed by atoms with Gasteiger partial charge in [-0.25, -0.2) is 4.79 Å². The van der Waals surface area contributed by atoms with Crippen LogP contribution < -0.4 is 32.1 Å². The number of likely N-dealkylation sites (N-methyl/N-ethyl adjacent to an activating group) is 1. The summed E-state index contributed by atoms with van der Waals surface area (Å²) >= 11 is 0. The van der Waals surface area contributed by atoms with Gasteiger partial charge in [0.2, 0.25) is 5.95 Å². The molecule has 1 aliphatic heterocycles. The smallest absolute Gasteiger partial charge is 0.326 e. The molecular weight excluding hydrogens is 446 g/mol. The first-order valence-corrected chi connectivity index (χ1v) is 10.6. The number of carbonyl (C=O) groups is 3. The minimum Gasteiger partial charge on any atom is -0.481 e. The van der Waals surface area contributed by atoms with Crippen LogP contribution in [-0.2, 0) is 9.59 Å². The van der Waals surface area contributed by atoms with E-state index >= 15 is 0 Å². The van der Waals surface area contributed by atoms with Crippen molar-refractivity contribution in [1.29, 1.82) is 0 Å². The minimum atomic E-state index is -1.29. The SMILES string of the molecule is CN1c2c(nc(N)[nH]c2=O)NC[C@@H]1CCNc1ccc(C(=O)N[C@@H](CCC(=O)O)C(=O)O)cc1. The van der Waals surface area contributed by atoms with E-state index in [1.54, 1.807) is 24.3 Å². The molecule has 0 bridgehead atoms. The molecule has 1 amide bonds. The zero-order valence-corrected chi connectivity index (χ0v) is 18.5. The lowest BCUT2D eigenvalue weighted by atomic mass is 10.1. The number of aromatic nitrogens is 2. The number of anilines is 4. The molecule has 182 valence electrons. The van der Waals surface area contributed by atoms with Crippen molar-refractivity contribution in [2.45, 2.75) is 31.3 Å². The Balaban J connectivity index is 1.52. The molecule has 0 saturated heterocycles. The molecule has 1 aliphatic rings. The van der Waals surface area contributed by atoms with E-state index in [2.05, 4.69) is 25.9 Å². The van der Waals surface area contributed by atoms with Gasteiger partial charge in [-0.3, -0.25) is 19.4 Å². The number of nitrogens with two attached hydrogens (primary N) is 1. The second kappa shape index (κ2) is 10.6. The van der Waals surface area contributed by atoms with Crippen LogP contribution in [0.1, 0.15) is 29.6 Å². The number of fused-ring (bicyclic) bond motifs is 1. The van der Waals surface area contributed by atoms with Gasteiger partial charge in [0.1, 0.15) is 11.7 Å². The number of nitrogens with zero attached hydrogens (tertiary/aromatic N) is 2. The monoisotopic (exact) mass is 473 g/mol. The maximum absolute atomic E-state index is 12.3. The zero-order chi connectivity index (χ0) is 24.8. The van der Waals surface area contributed by atoms with Crippen molar-refractivity contribution in [3.05, 3.63) is 40.2 Å². The van der Waals surface area contributed by atoms with Gasteiger partial charge in [0, 0.05) is 43.9 Å². The first-order chi connectivity index (χ1) is 16.2. The number of carbonyl (C=O) groups excluding carboxylic acids is 1. The van der Waals surface area contributed by atoms with E-state index in [4.69, 9.17) is 10.8 Å². The van der Waals surface area contributed by atoms with E-state index in [0.717, 1.165) is 5.69 Å². The number of aromatic amines is 1. The molecule has 13 heteroatoms. The standard InChI is InChI=1S/C21H27N7O6/c1-28-13(10-24-17-16(28)19(32)27-21(22)26-17)8-9-23-12-4-2-11(3-5-12)18(31)25-14(20(33)34)6-7-15(29)30/h2-5,13-14,23H,6-10H2,1H3,(H,25,31)(H,29,30)(H,33,34)(H4,22,24,26,27,32)/t13-,14-/m0/s1. The highest BCUT2D eigenvalue weighted by Gasteiger charge is 2.27. The molecular formula is C21H27N7O6. The molecule has 2 atom stereocenters. The number of nitrogen functional groups attached to an aromatic ring is 1. The van der Waals surface area contributed by atoms with E-state index < -0.39 is 23.9 Å². The van der Waals surface area contributed by atoms with Gasteiger partial charge >= 0.3 is 11.9 Å². The molecule has 34 heavy (non-hydrogen) atoms. The highest BCUT2D eigenvalue weighted by atomic mass is 16.4. The topological polar surface area (TPSA) is 203 Å². The van der Waals surface area contributed by atoms with Gasteiger partial charge in [-0.1, -0.05) is 0 Å². The van der Waals surface area contributed by atoms with E-state index in [1.807, 2.05) is 11.9 Å². The third-order valence-electron chi connectivity index (χ3n) is 5.52. The second-order valence-electron chi connectivity index (χ2n) is 7.88. The van der Waals surface area contributed by atoms with Gasteiger partial charge in [0.05, 0.1) is 0 Å². The summed E-state index contributed by atoms with van der Waals surface area (Å²) in [6.45, 7) is 1.18. The molecule has 3 rings (SSSR count). The maximum atomic E-state index is 12.3. The molecule has 8 N–H and O–H groups in total. The summed E-state index contributed by atoms with van der Waals surface area (Å²) < 4.78 is 0. The second-order valence-corrected chi connectivity index (χ2v) is 7.88. The molecule has 0 fully saturated rings. The Labute approximate surface area is 194 Å². The molecule has 0 saturated carbocycles. The number of benzene rings is 1. The van der Waals surface area contributed by atoms with Crippen LogP contribution in [0.25, 0.3) is 0 Å². The molecule has 2 heterocycles. The van der Waals surface area contributed by atoms with Crippen molar-refractivity contribution in [2.24, 2.45) is 0 Å². The lowest BCUT2D eigenvalue weighted by Gasteiger charge is -2.35. The normalized spacial score (nSPS) is 15.6. The number of H-pyrrole nitrogens is 1. The Kier molecular flexibility index (Phi) is 7.56. The van der Waals surface area contributed by atoms with Crippen molar-refractivity contribution >= 4 is 41.0 Å². The number of amides is 1. The molecule has 1 aromatic carbocycles. The highest BCUT2D eigenvalue weighted by molar-refractivity contribution is 5.96. The number of rotatable bonds is 10. The van der Waals surface area contributed by atoms with Crippen molar-refractivity contribution in [3.8, 4) is 0 Å². The summed E-state index contributed by atoms with van der Waals surface area (Å²) in [5, 5.41) is 26.6. The lowest BCUT2D eigenvalue weighted by molar-refractivity contribution is -0.140. The van der Waals surface area contributed by atoms with Gasteiger partial charge in [-0.15, -0.1) is 0 Å². The number of aliphatic carboxylic acids is 2. The van der Waals surface area contributed by atoms with E-state index in [-0.39, 0.29) is 36.0 Å². The van der Waals surface area contributed by atoms with Crippen molar-refractivity contribution in [2.75, 3.05) is 41.4 Å². The van der Waals surface area contributed by atoms with Gasteiger partial charge < -0.3 is 36.8 Å². The molecule has 1 aromatic heterocycles. The van der Waals surface area contributed by atoms with Crippen LogP contribution in [0.15, 0.2) is 29.1 Å². The molecule has 0 spiro atoms. The Hall–Kier alpha value is -4.29. The number of nitrogens with one attached hydrogen (secondary N) is 4. The number of hydrogen-bond acceptors (Lipinski definition) is 9. The van der Waals surface area contributed by atoms with E-state index in [0.29, 0.717) is 31.0 Å². The van der Waals surface area contributed by atoms with Crippen LogP contribution in [-0.4, -0.2) is 70.2 Å². The quantitative estimate of drug-likeness (QED) is 0.247. The largest absolute Gasteiger partial charge is 0.481 e. The van der Waals surface area contributed by atoms with Crippen LogP contribution >= 0.6 is 0 Å². The molecule has 13 nitrogen and oxygen atoms in total. The maximum Gasteiger partial charge on any atom is 0.326 e. The summed E-state index contributed by atoms with van der Waals surface area (Å²) in [5.74, 6) is -2.52. The van der Waals surface area contributed by atoms with Gasteiger partial charge in [0.25, 0.3) is 11.5 Å². The predicted octanol–water partition coefficient (Wildman–Crippen LogP) is 0.132. The summed E-state index contributed by atoms with van der Waals surface area (Å²) in [6, 6.07) is 5.23. The Morgan fingerprint density at radius 2 is 1.97 bits per heavy atom. The molecule has 2 aromatic rings. The summed E-state index contributed by atoms with van der Waals surface area (Å²) in [5.41, 5.74) is 6.73. The fraction of sp³-hybridized carbons (Fsp3) is 0.381. The van der Waals surface area contributed by atoms with Gasteiger partial charge in [-0.05, 0) is 37.1 Å². The Morgan fingerprint density at radius 1 is 1.26 bits per heavy atom. The zero-order valence-electron chi connectivity index (χ0n) is 18.5. The summed E-state index contributed by atoms with van der Waals surface area (Å²) in [6.07, 6.45) is 0.134. The van der Waals surface area contributed by atoms with Crippen LogP contribution in [0.3, 0.4) is 0 Å². The first kappa shape index (κ1) is 24.4. The lowest BCUT2D eigenvalue weighted by Crippen LogP contribution is -2.45. The van der Waals surface area contributed by atoms with Crippen molar-refractivity contribution in [3.63, 3.8) is 0 Å². The van der Waals surface area contributed by atoms with Crippen LogP contribution in [0, 0.1) is 0 Å². The minimum absolute atomic E-state index is 0.0373. The van der Waals surface area contributed by atoms with Crippen LogP contribution in [0.2, 0.25) is 0 Å². The summed E-state index contributed by atoms with van der Waals surface area (Å²) in [4.78, 5) is 55.0. The number of hydrogen-bond donors (Lipinski definition) is 7. The Bertz CT molecular complexity index is 1120. The average Bonchev–Trinajstić information content (AvgIpc) is 2.77. The molecule has 0 aliphatic carbocycles. The van der Waals surface area contributed by atoms with Crippen LogP contribution in [0.5, 0.6) is 0 Å². The Morgan fingerprint density at radius 3 is 2.62 bits per heavy atom.